The van der Waals surface area contributed by atoms with Crippen molar-refractivity contribution < 1.29 is 17.6 Å². The summed E-state index contributed by atoms with van der Waals surface area (Å²) >= 11 is 15.4. The number of hydrogen-bond donors (Lipinski definition) is 1. The van der Waals surface area contributed by atoms with E-state index in [0.29, 0.717) is 15.1 Å². The molecule has 3 aromatic carbocycles. The number of halogens is 4. The lowest BCUT2D eigenvalue weighted by Crippen LogP contribution is -2.39. The molecule has 0 unspecified atom stereocenters. The third-order valence-electron chi connectivity index (χ3n) is 4.43. The Bertz CT molecular complexity index is 1290. The highest BCUT2D eigenvalue weighted by molar-refractivity contribution is 9.10. The van der Waals surface area contributed by atoms with Crippen molar-refractivity contribution in [2.45, 2.75) is 11.4 Å². The van der Waals surface area contributed by atoms with Crippen molar-refractivity contribution in [3.63, 3.8) is 0 Å². The average molecular weight is 573 g/mol. The minimum atomic E-state index is -4.07. The Balaban J connectivity index is 1.83. The minimum absolute atomic E-state index is 0.00144. The summed E-state index contributed by atoms with van der Waals surface area (Å²) in [6, 6.07) is 16.5. The van der Waals surface area contributed by atoms with Crippen molar-refractivity contribution in [3.8, 4) is 0 Å². The lowest BCUT2D eigenvalue weighted by atomic mass is 10.2. The number of hydrazone groups is 1. The van der Waals surface area contributed by atoms with Gasteiger partial charge in [0.15, 0.2) is 0 Å². The van der Waals surface area contributed by atoms with Crippen LogP contribution in [0.5, 0.6) is 0 Å². The zero-order chi connectivity index (χ0) is 24.0. The Labute approximate surface area is 209 Å². The van der Waals surface area contributed by atoms with E-state index in [4.69, 9.17) is 23.2 Å². The van der Waals surface area contributed by atoms with E-state index in [2.05, 4.69) is 26.5 Å². The molecule has 6 nitrogen and oxygen atoms in total. The van der Waals surface area contributed by atoms with Gasteiger partial charge in [0.2, 0.25) is 10.0 Å². The van der Waals surface area contributed by atoms with Gasteiger partial charge in [-0.25, -0.2) is 18.2 Å². The Morgan fingerprint density at radius 2 is 1.79 bits per heavy atom. The van der Waals surface area contributed by atoms with Gasteiger partial charge in [0.25, 0.3) is 5.91 Å². The number of rotatable bonds is 8. The molecule has 1 amide bonds. The molecule has 0 saturated carbocycles. The van der Waals surface area contributed by atoms with Crippen LogP contribution < -0.4 is 5.43 Å². The van der Waals surface area contributed by atoms with Gasteiger partial charge in [0, 0.05) is 26.6 Å². The molecule has 0 bridgehead atoms. The van der Waals surface area contributed by atoms with Gasteiger partial charge in [-0.15, -0.1) is 0 Å². The Hall–Kier alpha value is -2.30. The van der Waals surface area contributed by atoms with Crippen molar-refractivity contribution in [1.29, 1.82) is 0 Å². The molecule has 0 aliphatic heterocycles. The van der Waals surface area contributed by atoms with Crippen LogP contribution in [0.15, 0.2) is 81.2 Å². The Kier molecular flexibility index (Phi) is 8.61. The van der Waals surface area contributed by atoms with E-state index >= 15 is 0 Å². The number of nitrogens with one attached hydrogen (secondary N) is 1. The first kappa shape index (κ1) is 25.3. The van der Waals surface area contributed by atoms with Crippen molar-refractivity contribution >= 4 is 61.3 Å². The molecule has 0 aliphatic rings. The van der Waals surface area contributed by atoms with Crippen LogP contribution in [0, 0.1) is 5.82 Å². The summed E-state index contributed by atoms with van der Waals surface area (Å²) in [5.41, 5.74) is 2.86. The molecule has 1 N–H and O–H groups in total. The Morgan fingerprint density at radius 3 is 2.45 bits per heavy atom. The minimum Gasteiger partial charge on any atom is -0.272 e. The SMILES string of the molecule is O=C(CN(Cc1ccc(Cl)cc1Cl)S(=O)(=O)c1ccc(Br)cc1)N/N=C/c1ccccc1F. The van der Waals surface area contributed by atoms with Gasteiger partial charge in [-0.3, -0.25) is 4.79 Å². The molecular weight excluding hydrogens is 556 g/mol. The Morgan fingerprint density at radius 1 is 1.09 bits per heavy atom. The van der Waals surface area contributed by atoms with E-state index in [1.54, 1.807) is 30.3 Å². The molecule has 3 aromatic rings. The highest BCUT2D eigenvalue weighted by Crippen LogP contribution is 2.25. The van der Waals surface area contributed by atoms with Crippen molar-refractivity contribution in [3.05, 3.63) is 98.2 Å². The van der Waals surface area contributed by atoms with Crippen molar-refractivity contribution in [1.82, 2.24) is 9.73 Å². The van der Waals surface area contributed by atoms with Crippen LogP contribution in [0.4, 0.5) is 4.39 Å². The van der Waals surface area contributed by atoms with Gasteiger partial charge in [-0.2, -0.15) is 9.41 Å². The highest BCUT2D eigenvalue weighted by atomic mass is 79.9. The van der Waals surface area contributed by atoms with E-state index in [1.807, 2.05) is 0 Å². The number of benzene rings is 3. The fraction of sp³-hybridized carbons (Fsp3) is 0.0909. The smallest absolute Gasteiger partial charge is 0.255 e. The first-order valence-corrected chi connectivity index (χ1v) is 12.4. The molecule has 0 aromatic heterocycles. The lowest BCUT2D eigenvalue weighted by Gasteiger charge is -2.22. The molecule has 172 valence electrons. The maximum absolute atomic E-state index is 13.7. The van der Waals surface area contributed by atoms with Gasteiger partial charge >= 0.3 is 0 Å². The summed E-state index contributed by atoms with van der Waals surface area (Å²) in [7, 11) is -4.07. The summed E-state index contributed by atoms with van der Waals surface area (Å²) in [5.74, 6) is -1.22. The van der Waals surface area contributed by atoms with Gasteiger partial charge < -0.3 is 0 Å². The fourth-order valence-corrected chi connectivity index (χ4v) is 4.88. The molecule has 3 rings (SSSR count). The zero-order valence-electron chi connectivity index (χ0n) is 16.9. The van der Waals surface area contributed by atoms with Gasteiger partial charge in [0.05, 0.1) is 17.7 Å². The molecular formula is C22H17BrCl2FN3O3S. The van der Waals surface area contributed by atoms with E-state index < -0.39 is 28.3 Å². The first-order valence-electron chi connectivity index (χ1n) is 9.43. The number of sulfonamides is 1. The van der Waals surface area contributed by atoms with Gasteiger partial charge in [-0.1, -0.05) is 63.4 Å². The van der Waals surface area contributed by atoms with Crippen molar-refractivity contribution in [2.24, 2.45) is 5.10 Å². The van der Waals surface area contributed by atoms with Crippen LogP contribution in [-0.4, -0.2) is 31.4 Å². The molecule has 0 aliphatic carbocycles. The summed E-state index contributed by atoms with van der Waals surface area (Å²) in [4.78, 5) is 12.5. The fourth-order valence-electron chi connectivity index (χ4n) is 2.77. The molecule has 0 radical (unpaired) electrons. The molecule has 0 heterocycles. The first-order chi connectivity index (χ1) is 15.7. The number of hydrogen-bond acceptors (Lipinski definition) is 4. The molecule has 0 atom stereocenters. The third-order valence-corrected chi connectivity index (χ3v) is 7.35. The number of nitrogens with zero attached hydrogens (tertiary/aromatic N) is 2. The third kappa shape index (κ3) is 6.84. The summed E-state index contributed by atoms with van der Waals surface area (Å²) in [5, 5.41) is 4.38. The van der Waals surface area contributed by atoms with Crippen molar-refractivity contribution in [2.75, 3.05) is 6.54 Å². The zero-order valence-corrected chi connectivity index (χ0v) is 20.8. The topological polar surface area (TPSA) is 78.8 Å². The van der Waals surface area contributed by atoms with E-state index in [1.165, 1.54) is 36.4 Å². The van der Waals surface area contributed by atoms with E-state index in [0.717, 1.165) is 10.5 Å². The molecule has 0 saturated heterocycles. The van der Waals surface area contributed by atoms with Gasteiger partial charge in [-0.05, 0) is 48.0 Å². The number of carbonyl (C=O) groups is 1. The lowest BCUT2D eigenvalue weighted by molar-refractivity contribution is -0.121. The number of amides is 1. The molecule has 0 spiro atoms. The second-order valence-corrected chi connectivity index (χ2v) is 10.5. The highest BCUT2D eigenvalue weighted by Gasteiger charge is 2.27. The van der Waals surface area contributed by atoms with Crippen LogP contribution >= 0.6 is 39.1 Å². The largest absolute Gasteiger partial charge is 0.272 e. The predicted octanol–water partition coefficient (Wildman–Crippen LogP) is 5.24. The number of carbonyl (C=O) groups excluding carboxylic acids is 1. The summed E-state index contributed by atoms with van der Waals surface area (Å²) in [6.45, 7) is -0.731. The molecule has 11 heteroatoms. The van der Waals surface area contributed by atoms with Crippen LogP contribution in [0.25, 0.3) is 0 Å². The second-order valence-electron chi connectivity index (χ2n) is 6.78. The summed E-state index contributed by atoms with van der Waals surface area (Å²) < 4.78 is 41.9. The van der Waals surface area contributed by atoms with Gasteiger partial charge in [0.1, 0.15) is 5.82 Å². The molecule has 33 heavy (non-hydrogen) atoms. The summed E-state index contributed by atoms with van der Waals surface area (Å²) in [6.07, 6.45) is 1.14. The maximum atomic E-state index is 13.7. The quantitative estimate of drug-likeness (QED) is 0.296. The second kappa shape index (κ2) is 11.2. The standard InChI is InChI=1S/C22H17BrCl2FN3O3S/c23-17-6-9-19(10-7-17)33(31,32)29(13-16-5-8-18(24)11-20(16)25)14-22(30)28-27-12-15-3-1-2-4-21(15)26/h1-12H,13-14H2,(H,28,30)/b27-12+. The molecule has 0 fully saturated rings. The van der Waals surface area contributed by atoms with Crippen LogP contribution in [0.3, 0.4) is 0 Å². The maximum Gasteiger partial charge on any atom is 0.255 e. The van der Waals surface area contributed by atoms with Crippen LogP contribution in [-0.2, 0) is 21.4 Å². The van der Waals surface area contributed by atoms with Crippen LogP contribution in [0.1, 0.15) is 11.1 Å². The van der Waals surface area contributed by atoms with Crippen LogP contribution in [0.2, 0.25) is 10.0 Å². The average Bonchev–Trinajstić information content (AvgIpc) is 2.76. The normalized spacial score (nSPS) is 11.8. The predicted molar refractivity (Wildman–Crippen MR) is 130 cm³/mol. The monoisotopic (exact) mass is 571 g/mol. The van der Waals surface area contributed by atoms with E-state index in [-0.39, 0.29) is 22.0 Å². The van der Waals surface area contributed by atoms with E-state index in [9.17, 15) is 17.6 Å².